The van der Waals surface area contributed by atoms with Crippen molar-refractivity contribution in [3.05, 3.63) is 101 Å². The van der Waals surface area contributed by atoms with E-state index in [-0.39, 0.29) is 31.0 Å². The van der Waals surface area contributed by atoms with E-state index in [0.29, 0.717) is 17.2 Å². The normalized spacial score (nSPS) is 12.5. The van der Waals surface area contributed by atoms with Crippen molar-refractivity contribution in [3.63, 3.8) is 0 Å². The number of aryl methyl sites for hydroxylation is 1. The van der Waals surface area contributed by atoms with E-state index < -0.39 is 6.04 Å². The van der Waals surface area contributed by atoms with Gasteiger partial charge in [0, 0.05) is 19.0 Å². The molecule has 0 unspecified atom stereocenters. The van der Waals surface area contributed by atoms with Gasteiger partial charge in [-0.05, 0) is 43.5 Å². The average Bonchev–Trinajstić information content (AvgIpc) is 2.86. The Morgan fingerprint density at radius 3 is 2.34 bits per heavy atom. The summed E-state index contributed by atoms with van der Waals surface area (Å²) in [6.07, 6.45) is 1.19. The Kier molecular flexibility index (Phi) is 9.74. The van der Waals surface area contributed by atoms with Gasteiger partial charge in [-0.25, -0.2) is 0 Å². The van der Waals surface area contributed by atoms with Crippen molar-refractivity contribution < 1.29 is 14.3 Å². The first-order valence-corrected chi connectivity index (χ1v) is 12.3. The zero-order valence-corrected chi connectivity index (χ0v) is 21.3. The van der Waals surface area contributed by atoms with E-state index in [0.717, 1.165) is 23.1 Å². The van der Waals surface area contributed by atoms with E-state index in [9.17, 15) is 9.59 Å². The third kappa shape index (κ3) is 7.86. The number of amides is 2. The summed E-state index contributed by atoms with van der Waals surface area (Å²) < 4.78 is 5.77. The number of halogens is 1. The molecule has 0 spiro atoms. The summed E-state index contributed by atoms with van der Waals surface area (Å²) in [6.45, 7) is 6.05. The number of nitrogens with zero attached hydrogens (tertiary/aromatic N) is 1. The molecule has 0 aliphatic heterocycles. The molecule has 2 amide bonds. The highest BCUT2D eigenvalue weighted by Gasteiger charge is 2.31. The van der Waals surface area contributed by atoms with Crippen molar-refractivity contribution in [1.29, 1.82) is 0 Å². The molecular formula is C29H33ClN2O3. The number of ether oxygens (including phenoxy) is 1. The number of para-hydroxylation sites is 1. The summed E-state index contributed by atoms with van der Waals surface area (Å²) in [6, 6.07) is 24.0. The molecule has 0 fully saturated rings. The largest absolute Gasteiger partial charge is 0.482 e. The third-order valence-corrected chi connectivity index (χ3v) is 6.21. The van der Waals surface area contributed by atoms with Gasteiger partial charge in [0.1, 0.15) is 11.8 Å². The van der Waals surface area contributed by atoms with Crippen molar-refractivity contribution >= 4 is 23.4 Å². The topological polar surface area (TPSA) is 58.6 Å². The number of hydrogen-bond donors (Lipinski definition) is 1. The molecule has 0 aliphatic carbocycles. The molecule has 5 nitrogen and oxygen atoms in total. The van der Waals surface area contributed by atoms with Gasteiger partial charge in [-0.15, -0.1) is 0 Å². The van der Waals surface area contributed by atoms with Crippen LogP contribution >= 0.6 is 11.6 Å². The van der Waals surface area contributed by atoms with Crippen LogP contribution in [0.15, 0.2) is 78.9 Å². The van der Waals surface area contributed by atoms with Crippen LogP contribution in [-0.2, 0) is 22.6 Å². The molecule has 0 saturated carbocycles. The Bertz CT molecular complexity index is 1120. The summed E-state index contributed by atoms with van der Waals surface area (Å²) in [7, 11) is 0. The van der Waals surface area contributed by atoms with Crippen molar-refractivity contribution in [2.45, 2.75) is 52.2 Å². The molecule has 184 valence electrons. The van der Waals surface area contributed by atoms with E-state index >= 15 is 0 Å². The first-order chi connectivity index (χ1) is 16.9. The van der Waals surface area contributed by atoms with Gasteiger partial charge in [0.05, 0.1) is 5.02 Å². The second-order valence-corrected chi connectivity index (χ2v) is 9.16. The predicted molar refractivity (Wildman–Crippen MR) is 141 cm³/mol. The number of carbonyl (C=O) groups excluding carboxylic acids is 2. The van der Waals surface area contributed by atoms with Crippen LogP contribution in [0.25, 0.3) is 0 Å². The van der Waals surface area contributed by atoms with E-state index in [1.165, 1.54) is 0 Å². The second kappa shape index (κ2) is 13.0. The van der Waals surface area contributed by atoms with Crippen LogP contribution in [0.1, 0.15) is 37.0 Å². The monoisotopic (exact) mass is 492 g/mol. The van der Waals surface area contributed by atoms with E-state index in [4.69, 9.17) is 16.3 Å². The molecule has 1 N–H and O–H groups in total. The zero-order valence-electron chi connectivity index (χ0n) is 20.5. The minimum atomic E-state index is -0.700. The van der Waals surface area contributed by atoms with Crippen molar-refractivity contribution in [2.75, 3.05) is 6.61 Å². The average molecular weight is 493 g/mol. The minimum Gasteiger partial charge on any atom is -0.482 e. The van der Waals surface area contributed by atoms with Gasteiger partial charge in [0.2, 0.25) is 5.91 Å². The molecule has 0 saturated heterocycles. The summed E-state index contributed by atoms with van der Waals surface area (Å²) >= 11 is 6.21. The molecule has 3 aromatic carbocycles. The molecule has 0 radical (unpaired) electrons. The first kappa shape index (κ1) is 26.3. The van der Waals surface area contributed by atoms with Gasteiger partial charge >= 0.3 is 0 Å². The Morgan fingerprint density at radius 1 is 0.971 bits per heavy atom. The Morgan fingerprint density at radius 2 is 1.66 bits per heavy atom. The third-order valence-electron chi connectivity index (χ3n) is 5.90. The Labute approximate surface area is 213 Å². The van der Waals surface area contributed by atoms with E-state index in [1.807, 2.05) is 75.4 Å². The lowest BCUT2D eigenvalue weighted by Crippen LogP contribution is -2.53. The fourth-order valence-electron chi connectivity index (χ4n) is 3.79. The molecule has 35 heavy (non-hydrogen) atoms. The summed E-state index contributed by atoms with van der Waals surface area (Å²) in [5.74, 6) is -0.0321. The Hall–Kier alpha value is -3.31. The van der Waals surface area contributed by atoms with E-state index in [2.05, 4.69) is 5.32 Å². The van der Waals surface area contributed by atoms with Crippen LogP contribution in [0, 0.1) is 6.92 Å². The summed E-state index contributed by atoms with van der Waals surface area (Å²) in [5, 5.41) is 3.50. The number of carbonyl (C=O) groups is 2. The number of hydrogen-bond acceptors (Lipinski definition) is 3. The SMILES string of the molecule is CC[C@@H](C)NC(=O)[C@@H](Cc1ccccc1)N(Cc1cccc(C)c1)C(=O)COc1ccccc1Cl. The molecule has 3 rings (SSSR count). The van der Waals surface area contributed by atoms with Gasteiger partial charge in [-0.3, -0.25) is 9.59 Å². The van der Waals surface area contributed by atoms with Crippen molar-refractivity contribution in [1.82, 2.24) is 10.2 Å². The molecule has 0 bridgehead atoms. The van der Waals surface area contributed by atoms with Crippen LogP contribution in [0.2, 0.25) is 5.02 Å². The molecule has 0 aromatic heterocycles. The summed E-state index contributed by atoms with van der Waals surface area (Å²) in [4.78, 5) is 28.7. The summed E-state index contributed by atoms with van der Waals surface area (Å²) in [5.41, 5.74) is 3.02. The molecule has 0 heterocycles. The maximum atomic E-state index is 13.6. The van der Waals surface area contributed by atoms with Gasteiger partial charge in [-0.1, -0.05) is 90.8 Å². The fraction of sp³-hybridized carbons (Fsp3) is 0.310. The second-order valence-electron chi connectivity index (χ2n) is 8.75. The molecular weight excluding hydrogens is 460 g/mol. The smallest absolute Gasteiger partial charge is 0.261 e. The molecule has 3 aromatic rings. The molecule has 6 heteroatoms. The quantitative estimate of drug-likeness (QED) is 0.380. The number of nitrogens with one attached hydrogen (secondary N) is 1. The zero-order chi connectivity index (χ0) is 25.2. The number of benzene rings is 3. The van der Waals surface area contributed by atoms with Crippen molar-refractivity contribution in [3.8, 4) is 5.75 Å². The maximum absolute atomic E-state index is 13.6. The van der Waals surface area contributed by atoms with Crippen molar-refractivity contribution in [2.24, 2.45) is 0 Å². The lowest BCUT2D eigenvalue weighted by molar-refractivity contribution is -0.143. The van der Waals surface area contributed by atoms with Gasteiger partial charge in [-0.2, -0.15) is 0 Å². The van der Waals surface area contributed by atoms with Crippen LogP contribution in [0.3, 0.4) is 0 Å². The molecule has 0 aliphatic rings. The highest BCUT2D eigenvalue weighted by molar-refractivity contribution is 6.32. The number of rotatable bonds is 11. The highest BCUT2D eigenvalue weighted by atomic mass is 35.5. The maximum Gasteiger partial charge on any atom is 0.261 e. The van der Waals surface area contributed by atoms with Crippen LogP contribution in [0.4, 0.5) is 0 Å². The first-order valence-electron chi connectivity index (χ1n) is 11.9. The van der Waals surface area contributed by atoms with Crippen LogP contribution in [-0.4, -0.2) is 35.4 Å². The van der Waals surface area contributed by atoms with E-state index in [1.54, 1.807) is 29.2 Å². The van der Waals surface area contributed by atoms with Gasteiger partial charge < -0.3 is 15.0 Å². The lowest BCUT2D eigenvalue weighted by atomic mass is 10.0. The molecule has 2 atom stereocenters. The van der Waals surface area contributed by atoms with Gasteiger partial charge in [0.25, 0.3) is 5.91 Å². The van der Waals surface area contributed by atoms with Gasteiger partial charge in [0.15, 0.2) is 6.61 Å². The predicted octanol–water partition coefficient (Wildman–Crippen LogP) is 5.58. The standard InChI is InChI=1S/C29H33ClN2O3/c1-4-22(3)31-29(34)26(18-23-12-6-5-7-13-23)32(19-24-14-10-11-21(2)17-24)28(33)20-35-27-16-9-8-15-25(27)30/h5-17,22,26H,4,18-20H2,1-3H3,(H,31,34)/t22-,26-/m1/s1. The Balaban J connectivity index is 1.92. The van der Waals surface area contributed by atoms with Crippen LogP contribution < -0.4 is 10.1 Å². The fourth-order valence-corrected chi connectivity index (χ4v) is 3.98. The highest BCUT2D eigenvalue weighted by Crippen LogP contribution is 2.23. The lowest BCUT2D eigenvalue weighted by Gasteiger charge is -2.32. The van der Waals surface area contributed by atoms with Crippen LogP contribution in [0.5, 0.6) is 5.75 Å². The minimum absolute atomic E-state index is 0.00364.